The molecule has 2 aromatic rings. The molecular weight excluding hydrogens is 366 g/mol. The van der Waals surface area contributed by atoms with Gasteiger partial charge in [0.2, 0.25) is 0 Å². The lowest BCUT2D eigenvalue weighted by Crippen LogP contribution is -2.42. The van der Waals surface area contributed by atoms with Crippen molar-refractivity contribution in [3.05, 3.63) is 31.3 Å². The molecule has 0 aliphatic heterocycles. The number of aryl methyl sites for hydroxylation is 1. The van der Waals surface area contributed by atoms with Crippen LogP contribution in [0.1, 0.15) is 30.7 Å². The second kappa shape index (κ2) is 7.98. The van der Waals surface area contributed by atoms with Gasteiger partial charge < -0.3 is 9.64 Å². The molecule has 0 unspecified atom stereocenters. The summed E-state index contributed by atoms with van der Waals surface area (Å²) in [5, 5.41) is 0.615. The van der Waals surface area contributed by atoms with Crippen LogP contribution in [0.25, 0.3) is 10.2 Å². The van der Waals surface area contributed by atoms with E-state index in [1.165, 1.54) is 4.88 Å². The van der Waals surface area contributed by atoms with E-state index in [0.717, 1.165) is 34.2 Å². The summed E-state index contributed by atoms with van der Waals surface area (Å²) >= 11 is 1.56. The summed E-state index contributed by atoms with van der Waals surface area (Å²) in [4.78, 5) is 42.1. The predicted octanol–water partition coefficient (Wildman–Crippen LogP) is 1.47. The number of aromatic nitrogens is 2. The van der Waals surface area contributed by atoms with E-state index in [2.05, 4.69) is 6.92 Å². The summed E-state index contributed by atoms with van der Waals surface area (Å²) in [6, 6.07) is 0. The van der Waals surface area contributed by atoms with Crippen LogP contribution in [-0.4, -0.2) is 47.3 Å². The van der Waals surface area contributed by atoms with E-state index < -0.39 is 11.7 Å². The number of fused-ring (bicyclic) bond motifs is 3. The summed E-state index contributed by atoms with van der Waals surface area (Å²) in [5.74, 6) is -0.0527. The second-order valence-electron chi connectivity index (χ2n) is 7.47. The maximum atomic E-state index is 13.2. The minimum atomic E-state index is -0.562. The highest BCUT2D eigenvalue weighted by atomic mass is 32.1. The minimum Gasteiger partial charge on any atom is -0.465 e. The summed E-state index contributed by atoms with van der Waals surface area (Å²) < 4.78 is 7.66. The molecule has 0 radical (unpaired) electrons. The lowest BCUT2D eigenvalue weighted by Gasteiger charge is -2.18. The van der Waals surface area contributed by atoms with Gasteiger partial charge in [0.25, 0.3) is 5.56 Å². The molecule has 0 aromatic carbocycles. The van der Waals surface area contributed by atoms with Crippen molar-refractivity contribution < 1.29 is 9.53 Å². The number of carbonyl (C=O) groups is 1. The first kappa shape index (κ1) is 19.8. The average molecular weight is 394 g/mol. The number of hydrogen-bond acceptors (Lipinski definition) is 6. The fourth-order valence-electron chi connectivity index (χ4n) is 3.58. The van der Waals surface area contributed by atoms with Crippen molar-refractivity contribution in [2.45, 2.75) is 46.2 Å². The SMILES string of the molecule is CCOC(=O)Cn1c(=O)c2c3c(sc2n(CCN(C)C)c1=O)CC[C@@H](C)C3. The Labute approximate surface area is 162 Å². The van der Waals surface area contributed by atoms with Gasteiger partial charge in [-0.1, -0.05) is 6.92 Å². The number of thiophene rings is 1. The van der Waals surface area contributed by atoms with Gasteiger partial charge in [0.05, 0.1) is 12.0 Å². The number of carbonyl (C=O) groups excluding carboxylic acids is 1. The van der Waals surface area contributed by atoms with Crippen molar-refractivity contribution in [1.29, 1.82) is 0 Å². The van der Waals surface area contributed by atoms with E-state index in [1.807, 2.05) is 19.0 Å². The van der Waals surface area contributed by atoms with Crippen LogP contribution in [0.3, 0.4) is 0 Å². The number of hydrogen-bond donors (Lipinski definition) is 0. The lowest BCUT2D eigenvalue weighted by molar-refractivity contribution is -0.143. The van der Waals surface area contributed by atoms with Gasteiger partial charge in [-0.3, -0.25) is 14.2 Å². The monoisotopic (exact) mass is 393 g/mol. The molecule has 0 amide bonds. The first-order valence-electron chi connectivity index (χ1n) is 9.41. The highest BCUT2D eigenvalue weighted by Crippen LogP contribution is 2.36. The number of likely N-dealkylation sites (N-methyl/N-ethyl adjacent to an activating group) is 1. The van der Waals surface area contributed by atoms with Crippen LogP contribution in [0.2, 0.25) is 0 Å². The molecule has 8 heteroatoms. The van der Waals surface area contributed by atoms with Gasteiger partial charge in [0.15, 0.2) is 0 Å². The standard InChI is InChI=1S/C19H27N3O4S/c1-5-26-15(23)11-22-17(24)16-13-10-12(2)6-7-14(13)27-18(16)21(19(22)25)9-8-20(3)4/h12H,5-11H2,1-4H3/t12-/m1/s1. The van der Waals surface area contributed by atoms with Crippen LogP contribution in [-0.2, 0) is 35.5 Å². The van der Waals surface area contributed by atoms with Crippen LogP contribution in [0.15, 0.2) is 9.59 Å². The molecule has 148 valence electrons. The van der Waals surface area contributed by atoms with Gasteiger partial charge >= 0.3 is 11.7 Å². The fraction of sp³-hybridized carbons (Fsp3) is 0.632. The van der Waals surface area contributed by atoms with E-state index in [1.54, 1.807) is 22.8 Å². The van der Waals surface area contributed by atoms with Crippen molar-refractivity contribution >= 4 is 27.5 Å². The van der Waals surface area contributed by atoms with Crippen LogP contribution < -0.4 is 11.2 Å². The number of ether oxygens (including phenoxy) is 1. The third-order valence-corrected chi connectivity index (χ3v) is 6.33. The van der Waals surface area contributed by atoms with E-state index in [4.69, 9.17) is 4.74 Å². The maximum absolute atomic E-state index is 13.2. The molecule has 7 nitrogen and oxygen atoms in total. The van der Waals surface area contributed by atoms with E-state index in [0.29, 0.717) is 24.4 Å². The summed E-state index contributed by atoms with van der Waals surface area (Å²) in [7, 11) is 3.88. The van der Waals surface area contributed by atoms with Crippen LogP contribution >= 0.6 is 11.3 Å². The second-order valence-corrected chi connectivity index (χ2v) is 8.55. The molecule has 0 spiro atoms. The topological polar surface area (TPSA) is 73.5 Å². The van der Waals surface area contributed by atoms with Crippen molar-refractivity contribution in [3.8, 4) is 0 Å². The zero-order valence-electron chi connectivity index (χ0n) is 16.4. The Morgan fingerprint density at radius 3 is 2.70 bits per heavy atom. The Bertz CT molecular complexity index is 970. The average Bonchev–Trinajstić information content (AvgIpc) is 2.97. The zero-order valence-corrected chi connectivity index (χ0v) is 17.2. The van der Waals surface area contributed by atoms with Crippen molar-refractivity contribution in [2.75, 3.05) is 27.2 Å². The van der Waals surface area contributed by atoms with Gasteiger partial charge in [-0.05, 0) is 51.8 Å². The van der Waals surface area contributed by atoms with Crippen LogP contribution in [0.4, 0.5) is 0 Å². The first-order valence-corrected chi connectivity index (χ1v) is 10.2. The highest BCUT2D eigenvalue weighted by Gasteiger charge is 2.26. The van der Waals surface area contributed by atoms with E-state index in [-0.39, 0.29) is 18.7 Å². The zero-order chi connectivity index (χ0) is 19.7. The largest absolute Gasteiger partial charge is 0.465 e. The molecule has 3 rings (SSSR count). The molecule has 0 saturated heterocycles. The molecule has 0 saturated carbocycles. The normalized spacial score (nSPS) is 16.7. The van der Waals surface area contributed by atoms with Gasteiger partial charge in [-0.15, -0.1) is 11.3 Å². The van der Waals surface area contributed by atoms with Crippen LogP contribution in [0, 0.1) is 5.92 Å². The fourth-order valence-corrected chi connectivity index (χ4v) is 4.94. The summed E-state index contributed by atoms with van der Waals surface area (Å²) in [5.41, 5.74) is 0.264. The molecule has 0 fully saturated rings. The van der Waals surface area contributed by atoms with Gasteiger partial charge in [-0.2, -0.15) is 0 Å². The van der Waals surface area contributed by atoms with Crippen molar-refractivity contribution in [2.24, 2.45) is 5.92 Å². The maximum Gasteiger partial charge on any atom is 0.332 e. The predicted molar refractivity (Wildman–Crippen MR) is 107 cm³/mol. The summed E-state index contributed by atoms with van der Waals surface area (Å²) in [6.45, 7) is 4.91. The third-order valence-electron chi connectivity index (χ3n) is 5.02. The Kier molecular flexibility index (Phi) is 5.86. The molecule has 1 aliphatic rings. The molecule has 1 aliphatic carbocycles. The number of esters is 1. The van der Waals surface area contributed by atoms with Gasteiger partial charge in [0.1, 0.15) is 11.4 Å². The Morgan fingerprint density at radius 1 is 1.30 bits per heavy atom. The van der Waals surface area contributed by atoms with E-state index in [9.17, 15) is 14.4 Å². The van der Waals surface area contributed by atoms with E-state index >= 15 is 0 Å². The Hall–Kier alpha value is -1.93. The third kappa shape index (κ3) is 3.87. The highest BCUT2D eigenvalue weighted by molar-refractivity contribution is 7.18. The molecule has 1 atom stereocenters. The first-order chi connectivity index (χ1) is 12.8. The van der Waals surface area contributed by atoms with Crippen molar-refractivity contribution in [1.82, 2.24) is 14.0 Å². The molecule has 0 N–H and O–H groups in total. The molecule has 27 heavy (non-hydrogen) atoms. The molecule has 2 aromatic heterocycles. The molecule has 2 heterocycles. The van der Waals surface area contributed by atoms with Gasteiger partial charge in [0, 0.05) is 18.0 Å². The number of nitrogens with zero attached hydrogens (tertiary/aromatic N) is 3. The lowest BCUT2D eigenvalue weighted by atomic mass is 9.89. The quantitative estimate of drug-likeness (QED) is 0.695. The molecule has 0 bridgehead atoms. The smallest absolute Gasteiger partial charge is 0.332 e. The van der Waals surface area contributed by atoms with Gasteiger partial charge in [-0.25, -0.2) is 9.36 Å². The van der Waals surface area contributed by atoms with Crippen molar-refractivity contribution in [3.63, 3.8) is 0 Å². The Morgan fingerprint density at radius 2 is 2.04 bits per heavy atom. The minimum absolute atomic E-state index is 0.218. The Balaban J connectivity index is 2.22. The molecular formula is C19H27N3O4S. The summed E-state index contributed by atoms with van der Waals surface area (Å²) in [6.07, 6.45) is 2.88. The van der Waals surface area contributed by atoms with Crippen LogP contribution in [0.5, 0.6) is 0 Å². The number of rotatable bonds is 6.